The third kappa shape index (κ3) is 6.89. The van der Waals surface area contributed by atoms with Gasteiger partial charge in [-0.2, -0.15) is 0 Å². The molecule has 9 heteroatoms. The quantitative estimate of drug-likeness (QED) is 0.215. The Balaban J connectivity index is 1.07. The van der Waals surface area contributed by atoms with E-state index in [2.05, 4.69) is 264 Å². The summed E-state index contributed by atoms with van der Waals surface area (Å²) < 4.78 is 5.04. The molecule has 0 atom stereocenters. The van der Waals surface area contributed by atoms with Gasteiger partial charge in [0.1, 0.15) is 54.9 Å². The molecule has 2 aromatic heterocycles. The van der Waals surface area contributed by atoms with Gasteiger partial charge in [-0.05, 0) is 110 Å². The maximum Gasteiger partial charge on any atom is 0.141 e. The molecule has 0 unspecified atom stereocenters. The number of hydrogen-bond donors (Lipinski definition) is 0. The van der Waals surface area contributed by atoms with E-state index in [0.29, 0.717) is 0 Å². The van der Waals surface area contributed by atoms with Crippen LogP contribution >= 0.6 is 0 Å². The van der Waals surface area contributed by atoms with Crippen LogP contribution in [0, 0.1) is 0 Å². The Kier molecular flexibility index (Phi) is 10.4. The Bertz CT molecular complexity index is 3990. The summed E-state index contributed by atoms with van der Waals surface area (Å²) in [6.07, 6.45) is 0. The summed E-state index contributed by atoms with van der Waals surface area (Å²) in [5.41, 5.74) is 29.0. The fourth-order valence-corrected chi connectivity index (χ4v) is 11.4. The minimum absolute atomic E-state index is 1.14. The van der Waals surface area contributed by atoms with Crippen LogP contribution < -0.4 is 38.2 Å². The molecule has 0 saturated heterocycles. The normalized spacial score (nSPS) is 11.6. The molecular weight excluding hydrogens is 824 g/mol. The predicted molar refractivity (Wildman–Crippen MR) is 320 cm³/mol. The number of aromatic nitrogens is 2. The van der Waals surface area contributed by atoms with Gasteiger partial charge < -0.3 is 9.13 Å². The Hall–Kier alpha value is -7.75. The van der Waals surface area contributed by atoms with Gasteiger partial charge in [-0.15, -0.1) is 5.46 Å². The molecule has 12 rings (SSSR count). The van der Waals surface area contributed by atoms with E-state index in [4.69, 9.17) is 0 Å². The maximum absolute atomic E-state index is 2.57. The van der Waals surface area contributed by atoms with E-state index in [-0.39, 0.29) is 0 Å². The lowest BCUT2D eigenvalue weighted by Gasteiger charge is -2.19. The van der Waals surface area contributed by atoms with Crippen LogP contribution in [0.15, 0.2) is 200 Å². The smallest absolute Gasteiger partial charge is 0.141 e. The van der Waals surface area contributed by atoms with Gasteiger partial charge in [0.15, 0.2) is 0 Å². The van der Waals surface area contributed by atoms with E-state index in [1.807, 2.05) is 0 Å². The van der Waals surface area contributed by atoms with Crippen molar-refractivity contribution in [2.24, 2.45) is 0 Å². The van der Waals surface area contributed by atoms with E-state index in [1.165, 1.54) is 143 Å². The Morgan fingerprint density at radius 3 is 1.25 bits per heavy atom. The molecule has 10 aromatic carbocycles. The third-order valence-corrected chi connectivity index (χ3v) is 15.5. The topological polar surface area (TPSA) is 9.86 Å². The number of rotatable bonds is 7. The second-order valence-electron chi connectivity index (χ2n) is 19.1. The summed E-state index contributed by atoms with van der Waals surface area (Å²) in [7, 11) is 16.3. The molecule has 0 spiro atoms. The zero-order valence-corrected chi connectivity index (χ0v) is 40.4. The number of fused-ring (bicyclic) bond motifs is 6. The SMILES string of the molecule is Bc1c(B)c(B)c2c(c1B)c1c(B)c(-c3ccc4c(c3)c3ccc(-c5cccc(-c6ccccc6)c5)cc3n4-c3ccc(-c4ccccc4)cc3)c(B)c(B)c1n2-c1ccc(-c2ccccc2)cc1. The molecule has 0 radical (unpaired) electrons. The summed E-state index contributed by atoms with van der Waals surface area (Å²) in [6, 6.07) is 73.5. The molecular formula is C60H47B7N2. The van der Waals surface area contributed by atoms with Gasteiger partial charge in [0.25, 0.3) is 0 Å². The van der Waals surface area contributed by atoms with Crippen LogP contribution in [0.1, 0.15) is 0 Å². The summed E-state index contributed by atoms with van der Waals surface area (Å²) >= 11 is 0. The molecule has 0 saturated carbocycles. The zero-order valence-electron chi connectivity index (χ0n) is 40.4. The van der Waals surface area contributed by atoms with Crippen molar-refractivity contribution in [2.75, 3.05) is 0 Å². The summed E-state index contributed by atoms with van der Waals surface area (Å²) in [4.78, 5) is 0. The van der Waals surface area contributed by atoms with Crippen LogP contribution in [-0.2, 0) is 0 Å². The standard InChI is InChI=1S/C60H47B7N2/c61-52-49(53(62)57(66)59-50(52)51-54(63)55(64)56(65)58(67)60(51)69(59)44-27-21-38(22-28-44)35-13-6-2-7-14-35)42-24-30-47-46(32-42)45-29-23-41(40-18-10-17-39(31-40)36-15-8-3-9-16-36)33-48(45)68(47)43-25-19-37(20-26-43)34-11-4-1-5-12-34/h1-33H,61-67H2. The van der Waals surface area contributed by atoms with Gasteiger partial charge in [0.2, 0.25) is 0 Å². The highest BCUT2D eigenvalue weighted by Gasteiger charge is 2.25. The van der Waals surface area contributed by atoms with E-state index in [0.717, 1.165) is 5.69 Å². The second-order valence-corrected chi connectivity index (χ2v) is 19.1. The van der Waals surface area contributed by atoms with Gasteiger partial charge in [-0.3, -0.25) is 0 Å². The van der Waals surface area contributed by atoms with Gasteiger partial charge in [0.05, 0.1) is 11.0 Å². The van der Waals surface area contributed by atoms with Gasteiger partial charge in [0, 0.05) is 38.6 Å². The summed E-state index contributed by atoms with van der Waals surface area (Å²) in [5, 5.41) is 5.20. The highest BCUT2D eigenvalue weighted by Crippen LogP contribution is 2.39. The monoisotopic (exact) mass is 872 g/mol. The summed E-state index contributed by atoms with van der Waals surface area (Å²) in [6.45, 7) is 0. The Morgan fingerprint density at radius 1 is 0.246 bits per heavy atom. The van der Waals surface area contributed by atoms with Crippen molar-refractivity contribution in [1.82, 2.24) is 9.13 Å². The lowest BCUT2D eigenvalue weighted by molar-refractivity contribution is 1.18. The molecule has 318 valence electrons. The molecule has 0 aliphatic heterocycles. The van der Waals surface area contributed by atoms with E-state index in [9.17, 15) is 0 Å². The van der Waals surface area contributed by atoms with Crippen LogP contribution in [0.25, 0.3) is 111 Å². The molecule has 0 amide bonds. The van der Waals surface area contributed by atoms with Gasteiger partial charge >= 0.3 is 0 Å². The van der Waals surface area contributed by atoms with Crippen LogP contribution in [0.2, 0.25) is 0 Å². The molecule has 2 heterocycles. The molecule has 0 N–H and O–H groups in total. The van der Waals surface area contributed by atoms with Gasteiger partial charge in [-0.25, -0.2) is 0 Å². The Morgan fingerprint density at radius 2 is 0.667 bits per heavy atom. The first kappa shape index (κ1) is 42.6. The lowest BCUT2D eigenvalue weighted by atomic mass is 9.64. The molecule has 2 nitrogen and oxygen atoms in total. The fourth-order valence-electron chi connectivity index (χ4n) is 11.4. The highest BCUT2D eigenvalue weighted by atomic mass is 15.0. The number of nitrogens with zero attached hydrogens (tertiary/aromatic N) is 2. The first-order chi connectivity index (χ1) is 33.7. The van der Waals surface area contributed by atoms with Crippen molar-refractivity contribution >= 4 is 137 Å². The van der Waals surface area contributed by atoms with Gasteiger partial charge in [-0.1, -0.05) is 184 Å². The Labute approximate surface area is 410 Å². The zero-order chi connectivity index (χ0) is 47.1. The van der Waals surface area contributed by atoms with Crippen molar-refractivity contribution in [1.29, 1.82) is 0 Å². The number of hydrogen-bond acceptors (Lipinski definition) is 0. The molecule has 0 aliphatic rings. The van der Waals surface area contributed by atoms with E-state index < -0.39 is 0 Å². The van der Waals surface area contributed by atoms with Crippen LogP contribution in [-0.4, -0.2) is 64.1 Å². The minimum atomic E-state index is 1.14. The molecule has 69 heavy (non-hydrogen) atoms. The van der Waals surface area contributed by atoms with Crippen molar-refractivity contribution in [2.45, 2.75) is 0 Å². The average Bonchev–Trinajstić information content (AvgIpc) is 3.94. The van der Waals surface area contributed by atoms with Crippen molar-refractivity contribution < 1.29 is 0 Å². The average molecular weight is 872 g/mol. The van der Waals surface area contributed by atoms with Crippen LogP contribution in [0.4, 0.5) is 0 Å². The predicted octanol–water partition coefficient (Wildman–Crippen LogP) is 4.02. The first-order valence-corrected chi connectivity index (χ1v) is 24.3. The van der Waals surface area contributed by atoms with Crippen molar-refractivity contribution in [3.05, 3.63) is 200 Å². The molecule has 12 aromatic rings. The van der Waals surface area contributed by atoms with E-state index in [1.54, 1.807) is 0 Å². The first-order valence-electron chi connectivity index (χ1n) is 24.3. The summed E-state index contributed by atoms with van der Waals surface area (Å²) in [5.74, 6) is 0. The maximum atomic E-state index is 2.57. The molecule has 0 aliphatic carbocycles. The highest BCUT2D eigenvalue weighted by molar-refractivity contribution is 6.69. The number of benzene rings is 10. The van der Waals surface area contributed by atoms with E-state index >= 15 is 0 Å². The largest absolute Gasteiger partial charge is 0.310 e. The van der Waals surface area contributed by atoms with Crippen LogP contribution in [0.3, 0.4) is 0 Å². The molecule has 0 fully saturated rings. The van der Waals surface area contributed by atoms with Crippen molar-refractivity contribution in [3.8, 4) is 67.0 Å². The van der Waals surface area contributed by atoms with Crippen molar-refractivity contribution in [3.63, 3.8) is 0 Å². The lowest BCUT2D eigenvalue weighted by Crippen LogP contribution is -2.48. The third-order valence-electron chi connectivity index (χ3n) is 15.5. The van der Waals surface area contributed by atoms with Crippen LogP contribution in [0.5, 0.6) is 0 Å². The second kappa shape index (κ2) is 16.8. The molecule has 0 bridgehead atoms. The fraction of sp³-hybridized carbons (Fsp3) is 0. The minimum Gasteiger partial charge on any atom is -0.310 e.